The molecule has 1 aliphatic heterocycles. The molecule has 1 aliphatic rings. The van der Waals surface area contributed by atoms with Crippen molar-refractivity contribution >= 4 is 38.7 Å². The number of piperidine rings is 1. The summed E-state index contributed by atoms with van der Waals surface area (Å²) in [5.74, 6) is 4.09. The number of nitrogens with zero attached hydrogens (tertiary/aromatic N) is 2. The number of fused-ring (bicyclic) bond motifs is 1. The fraction of sp³-hybridized carbons (Fsp3) is 0.379. The average Bonchev–Trinajstić information content (AvgIpc) is 3.28. The van der Waals surface area contributed by atoms with Crippen molar-refractivity contribution in [2.24, 2.45) is 0 Å². The molecule has 13 heteroatoms. The maximum atomic E-state index is 14.7. The molecule has 1 saturated heterocycles. The third-order valence-corrected chi connectivity index (χ3v) is 7.88. The number of amides is 1. The fourth-order valence-corrected chi connectivity index (χ4v) is 5.84. The minimum Gasteiger partial charge on any atom is -0.477 e. The van der Waals surface area contributed by atoms with Crippen molar-refractivity contribution in [3.8, 4) is 23.7 Å². The van der Waals surface area contributed by atoms with E-state index in [1.54, 1.807) is 24.3 Å². The van der Waals surface area contributed by atoms with Crippen molar-refractivity contribution < 1.29 is 31.5 Å². The number of nitriles is 1. The Balaban J connectivity index is 1.62. The number of rotatable bonds is 8. The lowest BCUT2D eigenvalue weighted by atomic mass is 10.0. The minimum absolute atomic E-state index is 0.0258. The monoisotopic (exact) mass is 605 g/mol. The number of hydrogen-bond donors (Lipinski definition) is 3. The number of benzene rings is 2. The maximum absolute atomic E-state index is 14.7. The highest BCUT2D eigenvalue weighted by Gasteiger charge is 2.32. The highest BCUT2D eigenvalue weighted by Crippen LogP contribution is 2.39. The minimum atomic E-state index is -4.48. The summed E-state index contributed by atoms with van der Waals surface area (Å²) in [5, 5.41) is 17.6. The van der Waals surface area contributed by atoms with Gasteiger partial charge in [0.1, 0.15) is 23.8 Å². The summed E-state index contributed by atoms with van der Waals surface area (Å²) >= 11 is 1.09. The van der Waals surface area contributed by atoms with Crippen LogP contribution < -0.4 is 20.7 Å². The predicted molar refractivity (Wildman–Crippen MR) is 152 cm³/mol. The van der Waals surface area contributed by atoms with E-state index in [2.05, 4.69) is 27.8 Å². The van der Waals surface area contributed by atoms with Crippen LogP contribution in [0.15, 0.2) is 30.3 Å². The van der Waals surface area contributed by atoms with Crippen LogP contribution in [0.25, 0.3) is 10.1 Å². The molecule has 0 aliphatic carbocycles. The van der Waals surface area contributed by atoms with Gasteiger partial charge in [-0.15, -0.1) is 11.3 Å². The van der Waals surface area contributed by atoms with Gasteiger partial charge in [0.15, 0.2) is 6.61 Å². The number of alkyl halides is 4. The number of anilines is 2. The van der Waals surface area contributed by atoms with E-state index < -0.39 is 36.5 Å². The number of halogens is 5. The molecule has 7 nitrogen and oxygen atoms in total. The van der Waals surface area contributed by atoms with Gasteiger partial charge in [-0.2, -0.15) is 18.4 Å². The molecule has 0 bridgehead atoms. The Morgan fingerprint density at radius 2 is 2.05 bits per heavy atom. The molecule has 2 aromatic carbocycles. The van der Waals surface area contributed by atoms with Gasteiger partial charge in [-0.25, -0.2) is 8.78 Å². The number of likely N-dealkylation sites (tertiary alicyclic amines) is 1. The zero-order valence-electron chi connectivity index (χ0n) is 22.8. The van der Waals surface area contributed by atoms with Gasteiger partial charge < -0.3 is 25.6 Å². The van der Waals surface area contributed by atoms with E-state index in [0.717, 1.165) is 23.5 Å². The molecule has 0 saturated carbocycles. The van der Waals surface area contributed by atoms with Crippen LogP contribution in [0, 0.1) is 29.0 Å². The maximum Gasteiger partial charge on any atom is 0.393 e. The first kappa shape index (κ1) is 30.9. The first-order valence-corrected chi connectivity index (χ1v) is 13.8. The van der Waals surface area contributed by atoms with Crippen LogP contribution in [0.2, 0.25) is 0 Å². The molecule has 3 N–H and O–H groups in total. The Morgan fingerprint density at radius 3 is 2.74 bits per heavy atom. The predicted octanol–water partition coefficient (Wildman–Crippen LogP) is 5.32. The van der Waals surface area contributed by atoms with Crippen LogP contribution in [-0.2, 0) is 6.42 Å². The average molecular weight is 606 g/mol. The quantitative estimate of drug-likeness (QED) is 0.238. The van der Waals surface area contributed by atoms with Gasteiger partial charge in [-0.1, -0.05) is 24.0 Å². The Morgan fingerprint density at radius 1 is 1.26 bits per heavy atom. The third-order valence-electron chi connectivity index (χ3n) is 6.68. The summed E-state index contributed by atoms with van der Waals surface area (Å²) in [7, 11) is 3.18. The molecular formula is C29H28F5N5O2S. The zero-order valence-corrected chi connectivity index (χ0v) is 23.6. The van der Waals surface area contributed by atoms with Crippen LogP contribution in [-0.4, -0.2) is 69.5 Å². The van der Waals surface area contributed by atoms with E-state index in [4.69, 9.17) is 10.00 Å². The lowest BCUT2D eigenvalue weighted by Crippen LogP contribution is -2.46. The van der Waals surface area contributed by atoms with E-state index in [0.29, 0.717) is 28.7 Å². The third kappa shape index (κ3) is 7.41. The summed E-state index contributed by atoms with van der Waals surface area (Å²) in [6.45, 7) is 0.497. The second kappa shape index (κ2) is 13.3. The molecule has 0 spiro atoms. The highest BCUT2D eigenvalue weighted by atomic mass is 32.1. The van der Waals surface area contributed by atoms with Crippen molar-refractivity contribution in [1.82, 2.24) is 10.2 Å². The largest absolute Gasteiger partial charge is 0.477 e. The molecule has 2 unspecified atom stereocenters. The van der Waals surface area contributed by atoms with Crippen LogP contribution in [0.5, 0.6) is 5.75 Å². The van der Waals surface area contributed by atoms with Crippen molar-refractivity contribution in [2.45, 2.75) is 31.2 Å². The van der Waals surface area contributed by atoms with E-state index >= 15 is 0 Å². The van der Waals surface area contributed by atoms with Gasteiger partial charge in [-0.05, 0) is 36.6 Å². The first-order valence-electron chi connectivity index (χ1n) is 13.0. The van der Waals surface area contributed by atoms with Gasteiger partial charge in [0.05, 0.1) is 45.5 Å². The van der Waals surface area contributed by atoms with E-state index in [1.807, 2.05) is 11.9 Å². The molecule has 42 heavy (non-hydrogen) atoms. The molecule has 222 valence electrons. The lowest BCUT2D eigenvalue weighted by Gasteiger charge is -2.33. The van der Waals surface area contributed by atoms with E-state index in [-0.39, 0.29) is 47.1 Å². The molecule has 2 heterocycles. The van der Waals surface area contributed by atoms with Crippen LogP contribution in [0.3, 0.4) is 0 Å². The van der Waals surface area contributed by atoms with Gasteiger partial charge in [-0.3, -0.25) is 4.79 Å². The van der Waals surface area contributed by atoms with Gasteiger partial charge in [0.2, 0.25) is 0 Å². The lowest BCUT2D eigenvalue weighted by molar-refractivity contribution is -0.126. The second-order valence-corrected chi connectivity index (χ2v) is 10.7. The van der Waals surface area contributed by atoms with Crippen molar-refractivity contribution in [1.29, 1.82) is 5.26 Å². The Bertz CT molecular complexity index is 1560. The molecule has 0 radical (unpaired) electrons. The molecule has 1 amide bonds. The molecule has 1 fully saturated rings. The zero-order chi connectivity index (χ0) is 30.4. The van der Waals surface area contributed by atoms with Crippen molar-refractivity contribution in [3.05, 3.63) is 52.2 Å². The Labute approximate surface area is 243 Å². The standard InChI is InChI=1S/C29H28F5N5O2S/c1-36-28(40)18-13-25(41-12-9-35)24(14-20(18)30)37-10-4-7-26-19(15-29(32,33)34)17-5-3-6-23(27(17)42-26)38-22-8-11-39(2)16-21(22)31/h3,5-6,13-14,21-22,37-38H,8,10-12,15-16H2,1-2H3,(H,36,40). The number of carbonyl (C=O) groups is 1. The van der Waals surface area contributed by atoms with Crippen molar-refractivity contribution in [3.63, 3.8) is 0 Å². The Kier molecular flexibility index (Phi) is 9.76. The molecule has 3 aromatic rings. The van der Waals surface area contributed by atoms with E-state index in [1.165, 1.54) is 7.05 Å². The first-order chi connectivity index (χ1) is 20.0. The highest BCUT2D eigenvalue weighted by molar-refractivity contribution is 7.20. The number of hydrogen-bond acceptors (Lipinski definition) is 7. The smallest absolute Gasteiger partial charge is 0.393 e. The van der Waals surface area contributed by atoms with Crippen molar-refractivity contribution in [2.75, 3.05) is 51.0 Å². The summed E-state index contributed by atoms with van der Waals surface area (Å²) < 4.78 is 75.8. The topological polar surface area (TPSA) is 89.4 Å². The number of thiophene rings is 1. The molecule has 2 atom stereocenters. The summed E-state index contributed by atoms with van der Waals surface area (Å²) in [4.78, 5) is 14.0. The second-order valence-electron chi connectivity index (χ2n) is 9.71. The normalized spacial score (nSPS) is 17.2. The molecule has 4 rings (SSSR count). The van der Waals surface area contributed by atoms with Gasteiger partial charge in [0.25, 0.3) is 5.91 Å². The number of nitrogens with one attached hydrogen (secondary N) is 3. The number of ether oxygens (including phenoxy) is 1. The van der Waals surface area contributed by atoms with Crippen LogP contribution in [0.1, 0.15) is 27.2 Å². The summed E-state index contributed by atoms with van der Waals surface area (Å²) in [6.07, 6.45) is -6.25. The van der Waals surface area contributed by atoms with Crippen LogP contribution >= 0.6 is 11.3 Å². The van der Waals surface area contributed by atoms with Gasteiger partial charge in [0, 0.05) is 26.2 Å². The summed E-state index contributed by atoms with van der Waals surface area (Å²) in [6, 6.07) is 8.45. The van der Waals surface area contributed by atoms with Crippen LogP contribution in [0.4, 0.5) is 33.3 Å². The van der Waals surface area contributed by atoms with Gasteiger partial charge >= 0.3 is 6.18 Å². The van der Waals surface area contributed by atoms with E-state index in [9.17, 15) is 26.7 Å². The summed E-state index contributed by atoms with van der Waals surface area (Å²) in [5.41, 5.74) is 0.406. The SMILES string of the molecule is CNC(=O)c1cc(OCC#N)c(NCC#Cc2sc3c(NC4CCN(C)CC4F)cccc3c2CC(F)(F)F)cc1F. The Hall–Kier alpha value is -4.07. The molecular weight excluding hydrogens is 577 g/mol. The number of carbonyl (C=O) groups excluding carboxylic acids is 1. The fourth-order valence-electron chi connectivity index (χ4n) is 4.67. The molecule has 1 aromatic heterocycles.